The summed E-state index contributed by atoms with van der Waals surface area (Å²) in [5.41, 5.74) is 2.68. The Labute approximate surface area is 150 Å². The van der Waals surface area contributed by atoms with Crippen LogP contribution in [0.25, 0.3) is 5.69 Å². The topological polar surface area (TPSA) is 56.1 Å². The summed E-state index contributed by atoms with van der Waals surface area (Å²) in [6.45, 7) is 0. The highest BCUT2D eigenvalue weighted by molar-refractivity contribution is 6.30. The van der Waals surface area contributed by atoms with Crippen LogP contribution in [-0.4, -0.2) is 22.6 Å². The van der Waals surface area contributed by atoms with E-state index in [1.807, 2.05) is 53.1 Å². The lowest BCUT2D eigenvalue weighted by molar-refractivity contribution is -0.116. The molecule has 0 fully saturated rings. The summed E-state index contributed by atoms with van der Waals surface area (Å²) < 4.78 is 7.34. The molecule has 25 heavy (non-hydrogen) atoms. The number of fused-ring (bicyclic) bond motifs is 1. The molecule has 4 rings (SSSR count). The van der Waals surface area contributed by atoms with Crippen molar-refractivity contribution in [3.8, 4) is 11.4 Å². The summed E-state index contributed by atoms with van der Waals surface area (Å²) in [6.07, 6.45) is 2.06. The molecule has 0 saturated heterocycles. The number of rotatable bonds is 3. The third kappa shape index (κ3) is 2.76. The summed E-state index contributed by atoms with van der Waals surface area (Å²) in [6, 6.07) is 15.1. The summed E-state index contributed by atoms with van der Waals surface area (Å²) in [5.74, 6) is 1.26. The van der Waals surface area contributed by atoms with E-state index in [0.717, 1.165) is 22.7 Å². The third-order valence-corrected chi connectivity index (χ3v) is 4.64. The zero-order valence-corrected chi connectivity index (χ0v) is 14.3. The molecule has 0 radical (unpaired) electrons. The molecule has 0 bridgehead atoms. The van der Waals surface area contributed by atoms with E-state index in [-0.39, 0.29) is 11.8 Å². The first kappa shape index (κ1) is 15.7. The number of hydrogen-bond donors (Lipinski definition) is 1. The van der Waals surface area contributed by atoms with Gasteiger partial charge in [0.1, 0.15) is 17.9 Å². The van der Waals surface area contributed by atoms with Crippen LogP contribution < -0.4 is 10.1 Å². The highest BCUT2D eigenvalue weighted by Crippen LogP contribution is 2.40. The van der Waals surface area contributed by atoms with Gasteiger partial charge in [-0.25, -0.2) is 4.98 Å². The average molecular weight is 354 g/mol. The number of amides is 1. The van der Waals surface area contributed by atoms with Crippen LogP contribution in [0.5, 0.6) is 5.75 Å². The van der Waals surface area contributed by atoms with Crippen molar-refractivity contribution in [3.63, 3.8) is 0 Å². The molecule has 0 saturated carbocycles. The number of aromatic nitrogens is 2. The van der Waals surface area contributed by atoms with Crippen LogP contribution in [0.2, 0.25) is 5.02 Å². The molecule has 1 amide bonds. The third-order valence-electron chi connectivity index (χ3n) is 4.39. The molecule has 1 atom stereocenters. The van der Waals surface area contributed by atoms with Crippen molar-refractivity contribution >= 4 is 23.3 Å². The molecular formula is C19H16ClN3O2. The van der Waals surface area contributed by atoms with Gasteiger partial charge in [-0.3, -0.25) is 9.36 Å². The molecule has 0 spiro atoms. The van der Waals surface area contributed by atoms with Gasteiger partial charge < -0.3 is 10.1 Å². The van der Waals surface area contributed by atoms with E-state index < -0.39 is 0 Å². The molecule has 6 heteroatoms. The second-order valence-electron chi connectivity index (χ2n) is 5.87. The van der Waals surface area contributed by atoms with Crippen molar-refractivity contribution in [2.24, 2.45) is 0 Å². The number of benzene rings is 2. The van der Waals surface area contributed by atoms with Gasteiger partial charge in [0.05, 0.1) is 12.8 Å². The molecular weight excluding hydrogens is 338 g/mol. The van der Waals surface area contributed by atoms with E-state index in [1.54, 1.807) is 13.4 Å². The number of hydrogen-bond acceptors (Lipinski definition) is 3. The van der Waals surface area contributed by atoms with Crippen molar-refractivity contribution in [1.29, 1.82) is 0 Å². The predicted octanol–water partition coefficient (Wildman–Crippen LogP) is 4.01. The fourth-order valence-corrected chi connectivity index (χ4v) is 3.34. The minimum Gasteiger partial charge on any atom is -0.496 e. The molecule has 0 unspecified atom stereocenters. The van der Waals surface area contributed by atoms with E-state index in [2.05, 4.69) is 10.3 Å². The summed E-state index contributed by atoms with van der Waals surface area (Å²) in [4.78, 5) is 16.9. The van der Waals surface area contributed by atoms with Crippen molar-refractivity contribution in [2.75, 3.05) is 12.4 Å². The van der Waals surface area contributed by atoms with Gasteiger partial charge in [-0.15, -0.1) is 0 Å². The molecule has 2 aromatic carbocycles. The van der Waals surface area contributed by atoms with Crippen LogP contribution in [0.3, 0.4) is 0 Å². The molecule has 1 aromatic heterocycles. The molecule has 5 nitrogen and oxygen atoms in total. The van der Waals surface area contributed by atoms with Gasteiger partial charge in [0, 0.05) is 28.6 Å². The Hall–Kier alpha value is -2.79. The Bertz CT molecular complexity index is 934. The maximum absolute atomic E-state index is 12.3. The Morgan fingerprint density at radius 3 is 2.72 bits per heavy atom. The van der Waals surface area contributed by atoms with Gasteiger partial charge in [0.2, 0.25) is 5.91 Å². The lowest BCUT2D eigenvalue weighted by atomic mass is 9.89. The van der Waals surface area contributed by atoms with Crippen molar-refractivity contribution in [1.82, 2.24) is 9.55 Å². The Balaban J connectivity index is 1.83. The van der Waals surface area contributed by atoms with Crippen LogP contribution in [0.1, 0.15) is 23.6 Å². The van der Waals surface area contributed by atoms with Gasteiger partial charge in [-0.1, -0.05) is 29.8 Å². The largest absolute Gasteiger partial charge is 0.496 e. The van der Waals surface area contributed by atoms with Crippen LogP contribution in [0, 0.1) is 0 Å². The van der Waals surface area contributed by atoms with E-state index in [1.165, 1.54) is 0 Å². The van der Waals surface area contributed by atoms with Crippen LogP contribution in [-0.2, 0) is 4.79 Å². The molecule has 2 heterocycles. The zero-order chi connectivity index (χ0) is 17.4. The minimum absolute atomic E-state index is 0.0425. The second-order valence-corrected chi connectivity index (χ2v) is 6.31. The average Bonchev–Trinajstić information content (AvgIpc) is 3.05. The number of nitrogens with one attached hydrogen (secondary N) is 1. The second kappa shape index (κ2) is 6.26. The van der Waals surface area contributed by atoms with Crippen LogP contribution >= 0.6 is 11.6 Å². The summed E-state index contributed by atoms with van der Waals surface area (Å²) in [5, 5.41) is 3.61. The fourth-order valence-electron chi connectivity index (χ4n) is 3.22. The monoisotopic (exact) mass is 353 g/mol. The molecule has 3 aromatic rings. The first-order valence-corrected chi connectivity index (χ1v) is 8.31. The molecule has 1 aliphatic heterocycles. The number of halogens is 1. The Kier molecular flexibility index (Phi) is 3.93. The smallest absolute Gasteiger partial charge is 0.226 e. The highest BCUT2D eigenvalue weighted by Gasteiger charge is 2.32. The van der Waals surface area contributed by atoms with Crippen LogP contribution in [0.15, 0.2) is 54.9 Å². The number of methoxy groups -OCH3 is 1. The number of nitrogens with zero attached hydrogens (tertiary/aromatic N) is 2. The first-order chi connectivity index (χ1) is 12.2. The normalized spacial score (nSPS) is 16.2. The maximum Gasteiger partial charge on any atom is 0.226 e. The molecule has 0 aliphatic carbocycles. The number of para-hydroxylation sites is 1. The maximum atomic E-state index is 12.3. The molecule has 126 valence electrons. The zero-order valence-electron chi connectivity index (χ0n) is 13.6. The Morgan fingerprint density at radius 2 is 1.96 bits per heavy atom. The molecule has 1 N–H and O–H groups in total. The van der Waals surface area contributed by atoms with Gasteiger partial charge in [0.15, 0.2) is 0 Å². The van der Waals surface area contributed by atoms with E-state index >= 15 is 0 Å². The van der Waals surface area contributed by atoms with Gasteiger partial charge >= 0.3 is 0 Å². The first-order valence-electron chi connectivity index (χ1n) is 7.93. The number of ether oxygens (including phenoxy) is 1. The van der Waals surface area contributed by atoms with Crippen LogP contribution in [0.4, 0.5) is 5.82 Å². The highest BCUT2D eigenvalue weighted by atomic mass is 35.5. The number of carbonyl (C=O) groups excluding carboxylic acids is 1. The lowest BCUT2D eigenvalue weighted by Gasteiger charge is -2.24. The Morgan fingerprint density at radius 1 is 1.20 bits per heavy atom. The SMILES string of the molecule is COc1ccccc1[C@@H]1CC(=O)Nc2c1ncn2-c1ccc(Cl)cc1. The standard InChI is InChI=1S/C19H16ClN3O2/c1-25-16-5-3-2-4-14(16)15-10-17(24)22-19-18(15)21-11-23(19)13-8-6-12(20)7-9-13/h2-9,11,15H,10H2,1H3,(H,22,24)/t15-/m0/s1. The van der Waals surface area contributed by atoms with Crippen molar-refractivity contribution in [2.45, 2.75) is 12.3 Å². The summed E-state index contributed by atoms with van der Waals surface area (Å²) in [7, 11) is 1.63. The number of imidazole rings is 1. The van der Waals surface area contributed by atoms with Gasteiger partial charge in [0.25, 0.3) is 0 Å². The van der Waals surface area contributed by atoms with E-state index in [9.17, 15) is 4.79 Å². The molecule has 1 aliphatic rings. The lowest BCUT2D eigenvalue weighted by Crippen LogP contribution is -2.25. The quantitative estimate of drug-likeness (QED) is 0.774. The van der Waals surface area contributed by atoms with Crippen molar-refractivity contribution < 1.29 is 9.53 Å². The van der Waals surface area contributed by atoms with E-state index in [4.69, 9.17) is 16.3 Å². The number of carbonyl (C=O) groups is 1. The summed E-state index contributed by atoms with van der Waals surface area (Å²) >= 11 is 5.97. The van der Waals surface area contributed by atoms with Crippen molar-refractivity contribution in [3.05, 3.63) is 71.1 Å². The van der Waals surface area contributed by atoms with Gasteiger partial charge in [-0.2, -0.15) is 0 Å². The number of anilines is 1. The minimum atomic E-state index is -0.145. The van der Waals surface area contributed by atoms with E-state index in [0.29, 0.717) is 17.3 Å². The predicted molar refractivity (Wildman–Crippen MR) is 96.7 cm³/mol. The van der Waals surface area contributed by atoms with Gasteiger partial charge in [-0.05, 0) is 30.3 Å². The fraction of sp³-hybridized carbons (Fsp3) is 0.158.